The zero-order valence-electron chi connectivity index (χ0n) is 7.84. The van der Waals surface area contributed by atoms with Gasteiger partial charge < -0.3 is 30.6 Å². The molecule has 0 aliphatic rings. The minimum atomic E-state index is -3.75. The molecule has 0 heterocycles. The Kier molecular flexibility index (Phi) is 3.60. The molecule has 0 bridgehead atoms. The fourth-order valence-corrected chi connectivity index (χ4v) is 0.760. The first-order valence-corrected chi connectivity index (χ1v) is 3.82. The van der Waals surface area contributed by atoms with Crippen LogP contribution in [0.5, 0.6) is 0 Å². The van der Waals surface area contributed by atoms with Crippen molar-refractivity contribution in [2.75, 3.05) is 0 Å². The predicted octanol–water partition coefficient (Wildman–Crippen LogP) is -4.10. The summed E-state index contributed by atoms with van der Waals surface area (Å²) < 4.78 is 0. The van der Waals surface area contributed by atoms with E-state index < -0.39 is 23.7 Å². The number of nitrogens with two attached hydrogens (primary N) is 1. The lowest BCUT2D eigenvalue weighted by molar-refractivity contribution is -0.459. The normalized spacial score (nSPS) is 15.0. The molecule has 0 aromatic heterocycles. The third kappa shape index (κ3) is 2.59. The van der Waals surface area contributed by atoms with Crippen LogP contribution in [-0.4, -0.2) is 54.3 Å². The van der Waals surface area contributed by atoms with Crippen LogP contribution in [0.4, 0.5) is 0 Å². The van der Waals surface area contributed by atoms with E-state index >= 15 is 0 Å². The Morgan fingerprint density at radius 3 is 1.57 bits per heavy atom. The molecule has 0 atom stereocenters. The molecular weight excluding hydrogens is 196 g/mol. The van der Waals surface area contributed by atoms with Crippen LogP contribution < -0.4 is 11.1 Å². The fourth-order valence-electron chi connectivity index (χ4n) is 0.760. The third-order valence-corrected chi connectivity index (χ3v) is 1.49. The maximum atomic E-state index is 9.09. The SMILES string of the molecule is CC(C)NC(O)(O)C(O)(O)C(N)(O)O. The van der Waals surface area contributed by atoms with Gasteiger partial charge in [0.15, 0.2) is 0 Å². The molecule has 14 heavy (non-hydrogen) atoms. The van der Waals surface area contributed by atoms with Gasteiger partial charge in [-0.1, -0.05) is 0 Å². The molecule has 0 saturated carbocycles. The second-order valence-corrected chi connectivity index (χ2v) is 3.37. The molecule has 0 fully saturated rings. The minimum absolute atomic E-state index is 0.564. The second kappa shape index (κ2) is 3.68. The van der Waals surface area contributed by atoms with Crippen molar-refractivity contribution in [2.24, 2.45) is 5.73 Å². The van der Waals surface area contributed by atoms with E-state index in [0.29, 0.717) is 0 Å². The summed E-state index contributed by atoms with van der Waals surface area (Å²) in [4.78, 5) is 0. The predicted molar refractivity (Wildman–Crippen MR) is 44.0 cm³/mol. The van der Waals surface area contributed by atoms with Crippen molar-refractivity contribution >= 4 is 0 Å². The molecule has 8 nitrogen and oxygen atoms in total. The molecule has 0 unspecified atom stereocenters. The first-order valence-electron chi connectivity index (χ1n) is 3.82. The molecule has 86 valence electrons. The van der Waals surface area contributed by atoms with Gasteiger partial charge in [0.05, 0.1) is 0 Å². The van der Waals surface area contributed by atoms with E-state index in [-0.39, 0.29) is 0 Å². The van der Waals surface area contributed by atoms with Gasteiger partial charge in [0.1, 0.15) is 0 Å². The van der Waals surface area contributed by atoms with Gasteiger partial charge in [-0.05, 0) is 13.8 Å². The summed E-state index contributed by atoms with van der Waals surface area (Å²) in [7, 11) is 0. The maximum Gasteiger partial charge on any atom is 0.305 e. The van der Waals surface area contributed by atoms with Gasteiger partial charge >= 0.3 is 5.79 Å². The van der Waals surface area contributed by atoms with Crippen molar-refractivity contribution in [1.82, 2.24) is 5.32 Å². The molecule has 0 aromatic carbocycles. The lowest BCUT2D eigenvalue weighted by atomic mass is 10.1. The summed E-state index contributed by atoms with van der Waals surface area (Å²) in [5, 5.41) is 55.4. The first-order chi connectivity index (χ1) is 5.92. The van der Waals surface area contributed by atoms with Crippen LogP contribution in [0.3, 0.4) is 0 Å². The number of hydrogen-bond acceptors (Lipinski definition) is 8. The Morgan fingerprint density at radius 1 is 1.00 bits per heavy atom. The third-order valence-electron chi connectivity index (χ3n) is 1.49. The van der Waals surface area contributed by atoms with Crippen LogP contribution >= 0.6 is 0 Å². The van der Waals surface area contributed by atoms with Crippen molar-refractivity contribution in [2.45, 2.75) is 37.5 Å². The average molecular weight is 212 g/mol. The van der Waals surface area contributed by atoms with Gasteiger partial charge in [-0.15, -0.1) is 0 Å². The Bertz CT molecular complexity index is 197. The zero-order chi connectivity index (χ0) is 11.8. The summed E-state index contributed by atoms with van der Waals surface area (Å²) in [6.07, 6.45) is 0. The van der Waals surface area contributed by atoms with E-state index in [0.717, 1.165) is 0 Å². The zero-order valence-corrected chi connectivity index (χ0v) is 7.84. The summed E-state index contributed by atoms with van der Waals surface area (Å²) >= 11 is 0. The van der Waals surface area contributed by atoms with Crippen molar-refractivity contribution < 1.29 is 30.6 Å². The van der Waals surface area contributed by atoms with Crippen molar-refractivity contribution in [3.63, 3.8) is 0 Å². The highest BCUT2D eigenvalue weighted by Crippen LogP contribution is 2.22. The van der Waals surface area contributed by atoms with Crippen molar-refractivity contribution in [3.8, 4) is 0 Å². The molecule has 0 aliphatic carbocycles. The molecule has 9 N–H and O–H groups in total. The summed E-state index contributed by atoms with van der Waals surface area (Å²) in [6, 6.07) is -0.564. The second-order valence-electron chi connectivity index (χ2n) is 3.37. The maximum absolute atomic E-state index is 9.09. The van der Waals surface area contributed by atoms with E-state index in [4.69, 9.17) is 30.6 Å². The van der Waals surface area contributed by atoms with Gasteiger partial charge in [-0.2, -0.15) is 0 Å². The van der Waals surface area contributed by atoms with Gasteiger partial charge in [-0.25, -0.2) is 0 Å². The van der Waals surface area contributed by atoms with Gasteiger partial charge in [-0.3, -0.25) is 11.1 Å². The van der Waals surface area contributed by atoms with Crippen LogP contribution in [0.1, 0.15) is 13.8 Å². The minimum Gasteiger partial charge on any atom is -0.355 e. The molecule has 0 rings (SSSR count). The van der Waals surface area contributed by atoms with Gasteiger partial charge in [0, 0.05) is 6.04 Å². The average Bonchev–Trinajstić information content (AvgIpc) is 1.80. The van der Waals surface area contributed by atoms with Crippen LogP contribution in [-0.2, 0) is 0 Å². The number of hydrogen-bond donors (Lipinski definition) is 8. The standard InChI is InChI=1S/C6H16N2O6/c1-3(2)8-6(13,14)4(9,10)5(7,11)12/h3,8-14H,7H2,1-2H3. The summed E-state index contributed by atoms with van der Waals surface area (Å²) in [6.45, 7) is 2.93. The number of aliphatic hydroxyl groups is 6. The molecule has 0 aromatic rings. The number of rotatable bonds is 4. The van der Waals surface area contributed by atoms with Crippen molar-refractivity contribution in [3.05, 3.63) is 0 Å². The largest absolute Gasteiger partial charge is 0.355 e. The van der Waals surface area contributed by atoms with Gasteiger partial charge in [0.2, 0.25) is 0 Å². The smallest absolute Gasteiger partial charge is 0.305 e. The lowest BCUT2D eigenvalue weighted by Crippen LogP contribution is -2.77. The molecule has 0 amide bonds. The molecule has 0 aliphatic heterocycles. The van der Waals surface area contributed by atoms with Crippen LogP contribution in [0.15, 0.2) is 0 Å². The van der Waals surface area contributed by atoms with Crippen LogP contribution in [0.2, 0.25) is 0 Å². The van der Waals surface area contributed by atoms with E-state index in [2.05, 4.69) is 5.73 Å². The lowest BCUT2D eigenvalue weighted by Gasteiger charge is -2.41. The van der Waals surface area contributed by atoms with Crippen LogP contribution in [0, 0.1) is 0 Å². The Morgan fingerprint density at radius 2 is 1.36 bits per heavy atom. The Hall–Kier alpha value is -0.320. The Labute approximate surface area is 80.2 Å². The van der Waals surface area contributed by atoms with E-state index in [1.165, 1.54) is 13.8 Å². The molecule has 0 radical (unpaired) electrons. The highest BCUT2D eigenvalue weighted by molar-refractivity contribution is 4.89. The molecular formula is C6H16N2O6. The topological polar surface area (TPSA) is 159 Å². The van der Waals surface area contributed by atoms with Crippen LogP contribution in [0.25, 0.3) is 0 Å². The van der Waals surface area contributed by atoms with E-state index in [1.807, 2.05) is 5.32 Å². The monoisotopic (exact) mass is 212 g/mol. The van der Waals surface area contributed by atoms with E-state index in [1.54, 1.807) is 0 Å². The first kappa shape index (κ1) is 13.7. The summed E-state index contributed by atoms with van der Waals surface area (Å²) in [5.41, 5.74) is 4.53. The number of nitrogens with one attached hydrogen (secondary N) is 1. The fraction of sp³-hybridized carbons (Fsp3) is 1.00. The molecule has 8 heteroatoms. The highest BCUT2D eigenvalue weighted by Gasteiger charge is 2.60. The quantitative estimate of drug-likeness (QED) is 0.218. The van der Waals surface area contributed by atoms with E-state index in [9.17, 15) is 0 Å². The van der Waals surface area contributed by atoms with Gasteiger partial charge in [0.25, 0.3) is 11.8 Å². The summed E-state index contributed by atoms with van der Waals surface area (Å²) in [5.74, 6) is -10.7. The molecule has 0 spiro atoms. The molecule has 0 saturated heterocycles. The van der Waals surface area contributed by atoms with Crippen molar-refractivity contribution in [1.29, 1.82) is 0 Å². The Balaban J connectivity index is 4.88. The highest BCUT2D eigenvalue weighted by atomic mass is 16.7.